The molecule has 106 valence electrons. The van der Waals surface area contributed by atoms with Gasteiger partial charge >= 0.3 is 0 Å². The van der Waals surface area contributed by atoms with E-state index < -0.39 is 0 Å². The highest BCUT2D eigenvalue weighted by molar-refractivity contribution is 5.79. The second-order valence-electron chi connectivity index (χ2n) is 5.34. The van der Waals surface area contributed by atoms with Gasteiger partial charge in [0, 0.05) is 27.7 Å². The maximum Gasteiger partial charge on any atom is 0.193 e. The van der Waals surface area contributed by atoms with Crippen LogP contribution in [0.4, 0.5) is 0 Å². The van der Waals surface area contributed by atoms with E-state index in [2.05, 4.69) is 22.4 Å². The summed E-state index contributed by atoms with van der Waals surface area (Å²) in [5.74, 6) is 0.869. The minimum absolute atomic E-state index is 0.205. The van der Waals surface area contributed by atoms with E-state index in [0.717, 1.165) is 12.5 Å². The molecule has 0 saturated heterocycles. The smallest absolute Gasteiger partial charge is 0.193 e. The summed E-state index contributed by atoms with van der Waals surface area (Å²) in [5, 5.41) is 3.33. The summed E-state index contributed by atoms with van der Waals surface area (Å²) < 4.78 is 5.39. The molecule has 0 saturated carbocycles. The zero-order valence-corrected chi connectivity index (χ0v) is 12.6. The summed E-state index contributed by atoms with van der Waals surface area (Å²) >= 11 is 0. The van der Waals surface area contributed by atoms with Crippen LogP contribution in [0.2, 0.25) is 0 Å². The van der Waals surface area contributed by atoms with Crippen LogP contribution < -0.4 is 5.32 Å². The van der Waals surface area contributed by atoms with Crippen LogP contribution >= 0.6 is 0 Å². The third-order valence-corrected chi connectivity index (χ3v) is 2.90. The van der Waals surface area contributed by atoms with Crippen LogP contribution in [0.5, 0.6) is 0 Å². The zero-order chi connectivity index (χ0) is 14.3. The fraction of sp³-hybridized carbons (Fsp3) is 0.533. The van der Waals surface area contributed by atoms with Crippen LogP contribution in [0.1, 0.15) is 19.4 Å². The molecule has 0 spiro atoms. The summed E-state index contributed by atoms with van der Waals surface area (Å²) in [6.07, 6.45) is 0. The van der Waals surface area contributed by atoms with Crippen LogP contribution in [0.25, 0.3) is 0 Å². The molecule has 0 aliphatic carbocycles. The second-order valence-corrected chi connectivity index (χ2v) is 5.34. The SMILES string of the molecule is COC(C)(C)CNC(=NCc1ccccc1)N(C)C. The van der Waals surface area contributed by atoms with Crippen molar-refractivity contribution in [2.24, 2.45) is 4.99 Å². The van der Waals surface area contributed by atoms with Gasteiger partial charge in [-0.2, -0.15) is 0 Å². The normalized spacial score (nSPS) is 12.4. The molecule has 19 heavy (non-hydrogen) atoms. The highest BCUT2D eigenvalue weighted by Gasteiger charge is 2.17. The number of hydrogen-bond acceptors (Lipinski definition) is 2. The van der Waals surface area contributed by atoms with Crippen LogP contribution in [-0.4, -0.2) is 44.2 Å². The third-order valence-electron chi connectivity index (χ3n) is 2.90. The predicted molar refractivity (Wildman–Crippen MR) is 80.4 cm³/mol. The van der Waals surface area contributed by atoms with Crippen molar-refractivity contribution in [2.45, 2.75) is 26.0 Å². The minimum Gasteiger partial charge on any atom is -0.377 e. The highest BCUT2D eigenvalue weighted by Crippen LogP contribution is 2.05. The minimum atomic E-state index is -0.205. The summed E-state index contributed by atoms with van der Waals surface area (Å²) in [6.45, 7) is 5.49. The summed E-state index contributed by atoms with van der Waals surface area (Å²) in [7, 11) is 5.69. The van der Waals surface area contributed by atoms with Crippen LogP contribution in [-0.2, 0) is 11.3 Å². The Labute approximate surface area is 116 Å². The van der Waals surface area contributed by atoms with Gasteiger partial charge in [0.05, 0.1) is 12.1 Å². The van der Waals surface area contributed by atoms with Gasteiger partial charge in [-0.1, -0.05) is 30.3 Å². The fourth-order valence-electron chi connectivity index (χ4n) is 1.47. The maximum atomic E-state index is 5.39. The number of rotatable bonds is 5. The molecule has 0 unspecified atom stereocenters. The molecule has 0 amide bonds. The molecule has 4 heteroatoms. The van der Waals surface area contributed by atoms with Gasteiger partial charge < -0.3 is 15.0 Å². The summed E-state index contributed by atoms with van der Waals surface area (Å²) in [6, 6.07) is 10.2. The molecule has 0 heterocycles. The molecule has 0 aliphatic heterocycles. The molecule has 1 aromatic rings. The van der Waals surface area contributed by atoms with Crippen molar-refractivity contribution >= 4 is 5.96 Å². The van der Waals surface area contributed by atoms with E-state index in [1.165, 1.54) is 5.56 Å². The van der Waals surface area contributed by atoms with Gasteiger partial charge in [-0.15, -0.1) is 0 Å². The number of aliphatic imine (C=N–C) groups is 1. The van der Waals surface area contributed by atoms with Crippen molar-refractivity contribution < 1.29 is 4.74 Å². The molecule has 4 nitrogen and oxygen atoms in total. The van der Waals surface area contributed by atoms with E-state index in [0.29, 0.717) is 6.54 Å². The average molecular weight is 263 g/mol. The van der Waals surface area contributed by atoms with Crippen molar-refractivity contribution in [3.63, 3.8) is 0 Å². The van der Waals surface area contributed by atoms with Gasteiger partial charge in [-0.25, -0.2) is 4.99 Å². The quantitative estimate of drug-likeness (QED) is 0.653. The first kappa shape index (κ1) is 15.5. The van der Waals surface area contributed by atoms with E-state index in [-0.39, 0.29) is 5.60 Å². The van der Waals surface area contributed by atoms with E-state index in [4.69, 9.17) is 4.74 Å². The first-order chi connectivity index (χ1) is 8.94. The number of nitrogens with one attached hydrogen (secondary N) is 1. The lowest BCUT2D eigenvalue weighted by atomic mass is 10.1. The maximum absolute atomic E-state index is 5.39. The third kappa shape index (κ3) is 5.75. The highest BCUT2D eigenvalue weighted by atomic mass is 16.5. The average Bonchev–Trinajstić information content (AvgIpc) is 2.39. The second kappa shape index (κ2) is 7.14. The monoisotopic (exact) mass is 263 g/mol. The van der Waals surface area contributed by atoms with Gasteiger partial charge in [-0.3, -0.25) is 0 Å². The lowest BCUT2D eigenvalue weighted by Gasteiger charge is -2.26. The summed E-state index contributed by atoms with van der Waals surface area (Å²) in [4.78, 5) is 6.59. The number of benzene rings is 1. The Morgan fingerprint density at radius 1 is 1.26 bits per heavy atom. The molecule has 0 atom stereocenters. The van der Waals surface area contributed by atoms with Crippen molar-refractivity contribution in [3.05, 3.63) is 35.9 Å². The molecular weight excluding hydrogens is 238 g/mol. The lowest BCUT2D eigenvalue weighted by molar-refractivity contribution is 0.0265. The number of methoxy groups -OCH3 is 1. The topological polar surface area (TPSA) is 36.9 Å². The van der Waals surface area contributed by atoms with Gasteiger partial charge in [0.25, 0.3) is 0 Å². The van der Waals surface area contributed by atoms with Crippen LogP contribution in [0, 0.1) is 0 Å². The standard InChI is InChI=1S/C15H25N3O/c1-15(2,19-5)12-17-14(18(3)4)16-11-13-9-7-6-8-10-13/h6-10H,11-12H2,1-5H3,(H,16,17). The molecule has 0 fully saturated rings. The fourth-order valence-corrected chi connectivity index (χ4v) is 1.47. The molecule has 0 aromatic heterocycles. The van der Waals surface area contributed by atoms with Crippen molar-refractivity contribution in [2.75, 3.05) is 27.7 Å². The molecule has 1 N–H and O–H groups in total. The Morgan fingerprint density at radius 3 is 2.42 bits per heavy atom. The van der Waals surface area contributed by atoms with E-state index in [9.17, 15) is 0 Å². The van der Waals surface area contributed by atoms with Crippen LogP contribution in [0.3, 0.4) is 0 Å². The van der Waals surface area contributed by atoms with Crippen LogP contribution in [0.15, 0.2) is 35.3 Å². The number of nitrogens with zero attached hydrogens (tertiary/aromatic N) is 2. The van der Waals surface area contributed by atoms with E-state index in [1.807, 2.05) is 51.0 Å². The molecule has 0 bridgehead atoms. The predicted octanol–water partition coefficient (Wildman–Crippen LogP) is 2.12. The Morgan fingerprint density at radius 2 is 1.89 bits per heavy atom. The Kier molecular flexibility index (Phi) is 5.83. The Hall–Kier alpha value is -1.55. The van der Waals surface area contributed by atoms with E-state index >= 15 is 0 Å². The first-order valence-corrected chi connectivity index (χ1v) is 6.49. The zero-order valence-electron chi connectivity index (χ0n) is 12.6. The molecule has 0 radical (unpaired) electrons. The van der Waals surface area contributed by atoms with Gasteiger partial charge in [0.2, 0.25) is 0 Å². The van der Waals surface area contributed by atoms with E-state index in [1.54, 1.807) is 7.11 Å². The number of hydrogen-bond donors (Lipinski definition) is 1. The van der Waals surface area contributed by atoms with Gasteiger partial charge in [0.1, 0.15) is 0 Å². The van der Waals surface area contributed by atoms with Gasteiger partial charge in [-0.05, 0) is 19.4 Å². The first-order valence-electron chi connectivity index (χ1n) is 6.49. The Bertz CT molecular complexity index is 399. The lowest BCUT2D eigenvalue weighted by Crippen LogP contribution is -2.44. The number of ether oxygens (including phenoxy) is 1. The molecule has 1 rings (SSSR count). The van der Waals surface area contributed by atoms with Crippen molar-refractivity contribution in [1.29, 1.82) is 0 Å². The molecule has 1 aromatic carbocycles. The largest absolute Gasteiger partial charge is 0.377 e. The van der Waals surface area contributed by atoms with Crippen molar-refractivity contribution in [1.82, 2.24) is 10.2 Å². The number of guanidine groups is 1. The molecule has 0 aliphatic rings. The Balaban J connectivity index is 2.62. The summed E-state index contributed by atoms with van der Waals surface area (Å²) in [5.41, 5.74) is 0.999. The molecular formula is C15H25N3O. The van der Waals surface area contributed by atoms with Crippen molar-refractivity contribution in [3.8, 4) is 0 Å². The van der Waals surface area contributed by atoms with Gasteiger partial charge in [0.15, 0.2) is 5.96 Å².